The molecule has 0 aromatic heterocycles. The van der Waals surface area contributed by atoms with E-state index < -0.39 is 52.6 Å². The Bertz CT molecular complexity index is 702. The van der Waals surface area contributed by atoms with E-state index in [4.69, 9.17) is 0 Å². The molecule has 2 N–H and O–H groups in total. The summed E-state index contributed by atoms with van der Waals surface area (Å²) in [5, 5.41) is 30.9. The molecule has 1 heterocycles. The van der Waals surface area contributed by atoms with Crippen LogP contribution in [-0.4, -0.2) is 39.2 Å². The first-order valence-corrected chi connectivity index (χ1v) is 7.40. The number of rotatable bonds is 2. The largest absolute Gasteiger partial charge is 0.390 e. The summed E-state index contributed by atoms with van der Waals surface area (Å²) in [6, 6.07) is 5.36. The maximum Gasteiger partial charge on any atom is 0.271 e. The van der Waals surface area contributed by atoms with Gasteiger partial charge >= 0.3 is 0 Å². The van der Waals surface area contributed by atoms with Crippen molar-refractivity contribution in [2.24, 2.45) is 23.7 Å². The molecule has 2 aliphatic carbocycles. The van der Waals surface area contributed by atoms with Gasteiger partial charge in [-0.1, -0.05) is 6.07 Å². The van der Waals surface area contributed by atoms with Crippen molar-refractivity contribution in [3.8, 4) is 0 Å². The van der Waals surface area contributed by atoms with Crippen LogP contribution in [0.5, 0.6) is 0 Å². The van der Waals surface area contributed by atoms with Crippen LogP contribution in [0.25, 0.3) is 0 Å². The van der Waals surface area contributed by atoms with Gasteiger partial charge in [-0.15, -0.1) is 0 Å². The molecule has 3 fully saturated rings. The Labute approximate surface area is 130 Å². The van der Waals surface area contributed by atoms with E-state index in [-0.39, 0.29) is 11.4 Å². The fourth-order valence-electron chi connectivity index (χ4n) is 4.43. The number of carbonyl (C=O) groups is 2. The molecule has 6 unspecified atom stereocenters. The van der Waals surface area contributed by atoms with Gasteiger partial charge in [0.2, 0.25) is 11.8 Å². The van der Waals surface area contributed by atoms with E-state index >= 15 is 0 Å². The average Bonchev–Trinajstić information content (AvgIpc) is 3.12. The molecule has 120 valence electrons. The molecule has 1 aromatic carbocycles. The zero-order chi connectivity index (χ0) is 16.5. The number of aliphatic hydroxyl groups is 2. The molecule has 3 aliphatic rings. The van der Waals surface area contributed by atoms with Crippen LogP contribution >= 0.6 is 0 Å². The van der Waals surface area contributed by atoms with Gasteiger partial charge in [0.1, 0.15) is 0 Å². The van der Waals surface area contributed by atoms with E-state index in [0.29, 0.717) is 6.42 Å². The molecule has 0 radical (unpaired) electrons. The number of fused-ring (bicyclic) bond motifs is 5. The van der Waals surface area contributed by atoms with E-state index in [9.17, 15) is 29.9 Å². The zero-order valence-corrected chi connectivity index (χ0v) is 11.9. The van der Waals surface area contributed by atoms with Crippen LogP contribution in [-0.2, 0) is 9.59 Å². The monoisotopic (exact) mass is 318 g/mol. The minimum Gasteiger partial charge on any atom is -0.390 e. The Balaban J connectivity index is 1.73. The van der Waals surface area contributed by atoms with Gasteiger partial charge in [-0.3, -0.25) is 19.7 Å². The summed E-state index contributed by atoms with van der Waals surface area (Å²) in [6.45, 7) is 0. The SMILES string of the molecule is O=C1C2C3CC(C(O)C3O)C2C(=O)N1c1cccc([N+](=O)[O-])c1. The maximum atomic E-state index is 12.7. The molecule has 1 aromatic rings. The summed E-state index contributed by atoms with van der Waals surface area (Å²) in [5.41, 5.74) is -0.0461. The van der Waals surface area contributed by atoms with Crippen LogP contribution in [0.3, 0.4) is 0 Å². The number of amides is 2. The lowest BCUT2D eigenvalue weighted by atomic mass is 9.78. The van der Waals surface area contributed by atoms with Crippen molar-refractivity contribution in [1.29, 1.82) is 0 Å². The van der Waals surface area contributed by atoms with Crippen molar-refractivity contribution in [1.82, 2.24) is 0 Å². The number of benzene rings is 1. The molecule has 4 rings (SSSR count). The van der Waals surface area contributed by atoms with Crippen LogP contribution < -0.4 is 4.90 Å². The Hall–Kier alpha value is -2.32. The van der Waals surface area contributed by atoms with Crippen molar-refractivity contribution in [2.75, 3.05) is 4.90 Å². The zero-order valence-electron chi connectivity index (χ0n) is 11.9. The number of carbonyl (C=O) groups excluding carboxylic acids is 2. The number of aliphatic hydroxyl groups excluding tert-OH is 2. The number of nitro benzene ring substituents is 1. The normalized spacial score (nSPS) is 38.3. The van der Waals surface area contributed by atoms with E-state index in [0.717, 1.165) is 4.90 Å². The fraction of sp³-hybridized carbons (Fsp3) is 0.467. The standard InChI is InChI=1S/C15H14N2O6/c18-12-8-5-9(13(12)19)11-10(8)14(20)16(15(11)21)6-2-1-3-7(4-6)17(22)23/h1-4,8-13,18-19H,5H2. The van der Waals surface area contributed by atoms with Gasteiger partial charge in [0.15, 0.2) is 0 Å². The van der Waals surface area contributed by atoms with Crippen LogP contribution in [0.2, 0.25) is 0 Å². The minimum absolute atomic E-state index is 0.159. The van der Waals surface area contributed by atoms with E-state index in [2.05, 4.69) is 0 Å². The second kappa shape index (κ2) is 4.59. The molecular formula is C15H14N2O6. The van der Waals surface area contributed by atoms with E-state index in [1.807, 2.05) is 0 Å². The van der Waals surface area contributed by atoms with Crippen LogP contribution in [0.1, 0.15) is 6.42 Å². The predicted molar refractivity (Wildman–Crippen MR) is 76.2 cm³/mol. The van der Waals surface area contributed by atoms with Gasteiger partial charge in [0.25, 0.3) is 5.69 Å². The Morgan fingerprint density at radius 3 is 2.17 bits per heavy atom. The Morgan fingerprint density at radius 1 is 1.09 bits per heavy atom. The van der Waals surface area contributed by atoms with Gasteiger partial charge in [-0.2, -0.15) is 0 Å². The van der Waals surface area contributed by atoms with E-state index in [1.54, 1.807) is 0 Å². The lowest BCUT2D eigenvalue weighted by molar-refractivity contribution is -0.384. The fourth-order valence-corrected chi connectivity index (χ4v) is 4.43. The number of anilines is 1. The molecule has 8 heteroatoms. The van der Waals surface area contributed by atoms with E-state index in [1.165, 1.54) is 24.3 Å². The minimum atomic E-state index is -0.997. The number of hydrogen-bond acceptors (Lipinski definition) is 6. The highest BCUT2D eigenvalue weighted by Gasteiger charge is 2.67. The third kappa shape index (κ3) is 1.73. The third-order valence-electron chi connectivity index (χ3n) is 5.39. The van der Waals surface area contributed by atoms with Gasteiger partial charge in [-0.05, 0) is 12.5 Å². The second-order valence-electron chi connectivity index (χ2n) is 6.39. The smallest absolute Gasteiger partial charge is 0.271 e. The second-order valence-corrected chi connectivity index (χ2v) is 6.39. The number of nitrogens with zero attached hydrogens (tertiary/aromatic N) is 2. The first-order chi connectivity index (χ1) is 10.9. The van der Waals surface area contributed by atoms with Gasteiger partial charge in [0, 0.05) is 24.0 Å². The van der Waals surface area contributed by atoms with Gasteiger partial charge in [-0.25, -0.2) is 4.90 Å². The number of nitro groups is 1. The molecule has 0 spiro atoms. The molecule has 1 aliphatic heterocycles. The highest BCUT2D eigenvalue weighted by molar-refractivity contribution is 6.22. The molecule has 8 nitrogen and oxygen atoms in total. The number of non-ortho nitro benzene ring substituents is 1. The summed E-state index contributed by atoms with van der Waals surface area (Å²) in [7, 11) is 0. The van der Waals surface area contributed by atoms with Crippen LogP contribution in [0.15, 0.2) is 24.3 Å². The van der Waals surface area contributed by atoms with Gasteiger partial charge in [0.05, 0.1) is 34.7 Å². The Kier molecular flexibility index (Phi) is 2.85. The molecule has 1 saturated heterocycles. The molecule has 2 amide bonds. The summed E-state index contributed by atoms with van der Waals surface area (Å²) in [5.74, 6) is -3.05. The predicted octanol–water partition coefficient (Wildman–Crippen LogP) is 0.0719. The van der Waals surface area contributed by atoms with Crippen LogP contribution in [0, 0.1) is 33.8 Å². The quantitative estimate of drug-likeness (QED) is 0.452. The van der Waals surface area contributed by atoms with Crippen molar-refractivity contribution in [2.45, 2.75) is 18.6 Å². The summed E-state index contributed by atoms with van der Waals surface area (Å²) < 4.78 is 0. The Morgan fingerprint density at radius 2 is 1.65 bits per heavy atom. The average molecular weight is 318 g/mol. The topological polar surface area (TPSA) is 121 Å². The molecule has 23 heavy (non-hydrogen) atoms. The molecule has 2 bridgehead atoms. The molecule has 2 saturated carbocycles. The lowest BCUT2D eigenvalue weighted by Gasteiger charge is -2.29. The third-order valence-corrected chi connectivity index (χ3v) is 5.39. The summed E-state index contributed by atoms with van der Waals surface area (Å²) in [6.07, 6.45) is -1.54. The highest BCUT2D eigenvalue weighted by atomic mass is 16.6. The van der Waals surface area contributed by atoms with Crippen molar-refractivity contribution >= 4 is 23.2 Å². The van der Waals surface area contributed by atoms with Crippen LogP contribution in [0.4, 0.5) is 11.4 Å². The highest BCUT2D eigenvalue weighted by Crippen LogP contribution is 2.56. The first-order valence-electron chi connectivity index (χ1n) is 7.40. The number of imide groups is 1. The molecular weight excluding hydrogens is 304 g/mol. The first kappa shape index (κ1) is 14.3. The summed E-state index contributed by atoms with van der Waals surface area (Å²) >= 11 is 0. The van der Waals surface area contributed by atoms with Gasteiger partial charge < -0.3 is 10.2 Å². The van der Waals surface area contributed by atoms with Crippen molar-refractivity contribution in [3.63, 3.8) is 0 Å². The maximum absolute atomic E-state index is 12.7. The van der Waals surface area contributed by atoms with Crippen molar-refractivity contribution in [3.05, 3.63) is 34.4 Å². The van der Waals surface area contributed by atoms with Crippen molar-refractivity contribution < 1.29 is 24.7 Å². The number of hydrogen-bond donors (Lipinski definition) is 2. The summed E-state index contributed by atoms with van der Waals surface area (Å²) in [4.78, 5) is 36.6. The molecule has 6 atom stereocenters. The lowest BCUT2D eigenvalue weighted by Crippen LogP contribution is -2.43.